The largest absolute Gasteiger partial charge is 0.356 e. The Morgan fingerprint density at radius 1 is 1.06 bits per heavy atom. The van der Waals surface area contributed by atoms with Gasteiger partial charge < -0.3 is 15.5 Å². The molecule has 1 rings (SSSR count). The highest BCUT2D eigenvalue weighted by Gasteiger charge is 2.15. The maximum absolute atomic E-state index is 11.8. The van der Waals surface area contributed by atoms with Crippen LogP contribution in [0, 0.1) is 0 Å². The molecule has 1 aliphatic heterocycles. The topological polar surface area (TPSA) is 61.4 Å². The number of amides is 2. The average Bonchev–Trinajstić information content (AvgIpc) is 2.37. The second-order valence-corrected chi connectivity index (χ2v) is 4.39. The van der Waals surface area contributed by atoms with Crippen molar-refractivity contribution in [2.24, 2.45) is 0 Å². The summed E-state index contributed by atoms with van der Waals surface area (Å²) in [5, 5.41) is 5.67. The van der Waals surface area contributed by atoms with Gasteiger partial charge in [0, 0.05) is 39.0 Å². The quantitative estimate of drug-likeness (QED) is 0.694. The highest BCUT2D eigenvalue weighted by atomic mass is 16.2. The number of piperidine rings is 1. The molecule has 0 bridgehead atoms. The summed E-state index contributed by atoms with van der Waals surface area (Å²) >= 11 is 0. The number of hydrogen-bond acceptors (Lipinski definition) is 3. The van der Waals surface area contributed by atoms with Crippen LogP contribution >= 0.6 is 0 Å². The molecular formula is C12H23N3O2. The third kappa shape index (κ3) is 5.68. The normalized spacial score (nSPS) is 15.7. The Balaban J connectivity index is 2.08. The smallest absolute Gasteiger partial charge is 0.224 e. The van der Waals surface area contributed by atoms with Gasteiger partial charge in [0.2, 0.25) is 11.8 Å². The molecule has 17 heavy (non-hydrogen) atoms. The van der Waals surface area contributed by atoms with Crippen LogP contribution in [0.25, 0.3) is 0 Å². The minimum atomic E-state index is 0.00536. The van der Waals surface area contributed by atoms with E-state index in [9.17, 15) is 9.59 Å². The molecule has 1 fully saturated rings. The van der Waals surface area contributed by atoms with Crippen LogP contribution in [0.5, 0.6) is 0 Å². The van der Waals surface area contributed by atoms with E-state index in [4.69, 9.17) is 0 Å². The fourth-order valence-corrected chi connectivity index (χ4v) is 1.94. The molecule has 0 atom stereocenters. The molecule has 5 nitrogen and oxygen atoms in total. The Kier molecular flexibility index (Phi) is 6.62. The maximum atomic E-state index is 11.8. The Labute approximate surface area is 103 Å². The molecular weight excluding hydrogens is 218 g/mol. The summed E-state index contributed by atoms with van der Waals surface area (Å²) in [6.45, 7) is 2.89. The van der Waals surface area contributed by atoms with Gasteiger partial charge in [-0.2, -0.15) is 0 Å². The first-order valence-electron chi connectivity index (χ1n) is 6.43. The minimum Gasteiger partial charge on any atom is -0.356 e. The van der Waals surface area contributed by atoms with Crippen molar-refractivity contribution in [3.05, 3.63) is 0 Å². The van der Waals surface area contributed by atoms with E-state index in [1.54, 1.807) is 0 Å². The van der Waals surface area contributed by atoms with Gasteiger partial charge >= 0.3 is 0 Å². The third-order valence-electron chi connectivity index (χ3n) is 2.97. The molecule has 1 aliphatic rings. The lowest BCUT2D eigenvalue weighted by atomic mass is 10.1. The van der Waals surface area contributed by atoms with Crippen LogP contribution in [0.15, 0.2) is 0 Å². The summed E-state index contributed by atoms with van der Waals surface area (Å²) in [5.41, 5.74) is 0. The minimum absolute atomic E-state index is 0.00536. The lowest BCUT2D eigenvalue weighted by molar-refractivity contribution is -0.132. The van der Waals surface area contributed by atoms with Gasteiger partial charge in [0.1, 0.15) is 0 Å². The van der Waals surface area contributed by atoms with E-state index in [0.717, 1.165) is 25.9 Å². The number of hydrogen-bond donors (Lipinski definition) is 2. The Morgan fingerprint density at radius 2 is 1.76 bits per heavy atom. The Morgan fingerprint density at radius 3 is 2.41 bits per heavy atom. The van der Waals surface area contributed by atoms with E-state index in [-0.39, 0.29) is 11.8 Å². The number of rotatable bonds is 6. The summed E-state index contributed by atoms with van der Waals surface area (Å²) in [6.07, 6.45) is 4.34. The molecule has 0 spiro atoms. The van der Waals surface area contributed by atoms with Crippen LogP contribution in [-0.2, 0) is 9.59 Å². The summed E-state index contributed by atoms with van der Waals surface area (Å²) in [7, 11) is 1.81. The van der Waals surface area contributed by atoms with Crippen molar-refractivity contribution in [2.75, 3.05) is 33.2 Å². The number of carbonyl (C=O) groups is 2. The zero-order valence-corrected chi connectivity index (χ0v) is 10.6. The van der Waals surface area contributed by atoms with Crippen LogP contribution in [-0.4, -0.2) is 49.9 Å². The van der Waals surface area contributed by atoms with Crippen LogP contribution in [0.2, 0.25) is 0 Å². The van der Waals surface area contributed by atoms with E-state index in [2.05, 4.69) is 10.6 Å². The Hall–Kier alpha value is -1.10. The molecule has 2 amide bonds. The average molecular weight is 241 g/mol. The molecule has 0 saturated carbocycles. The van der Waals surface area contributed by atoms with Gasteiger partial charge in [-0.3, -0.25) is 9.59 Å². The summed E-state index contributed by atoms with van der Waals surface area (Å²) in [6, 6.07) is 0. The molecule has 0 aromatic carbocycles. The van der Waals surface area contributed by atoms with E-state index < -0.39 is 0 Å². The fourth-order valence-electron chi connectivity index (χ4n) is 1.94. The molecule has 5 heteroatoms. The van der Waals surface area contributed by atoms with E-state index in [1.165, 1.54) is 6.42 Å². The third-order valence-corrected chi connectivity index (χ3v) is 2.97. The van der Waals surface area contributed by atoms with Gasteiger partial charge in [-0.25, -0.2) is 0 Å². The molecule has 0 aromatic heterocycles. The maximum Gasteiger partial charge on any atom is 0.224 e. The predicted molar refractivity (Wildman–Crippen MR) is 66.6 cm³/mol. The van der Waals surface area contributed by atoms with Gasteiger partial charge in [-0.15, -0.1) is 0 Å². The molecule has 1 heterocycles. The van der Waals surface area contributed by atoms with Crippen LogP contribution in [0.4, 0.5) is 0 Å². The van der Waals surface area contributed by atoms with Gasteiger partial charge in [0.25, 0.3) is 0 Å². The zero-order valence-electron chi connectivity index (χ0n) is 10.6. The van der Waals surface area contributed by atoms with E-state index in [1.807, 2.05) is 11.9 Å². The lowest BCUT2D eigenvalue weighted by Crippen LogP contribution is -2.38. The monoisotopic (exact) mass is 241 g/mol. The van der Waals surface area contributed by atoms with E-state index in [0.29, 0.717) is 25.9 Å². The van der Waals surface area contributed by atoms with Crippen molar-refractivity contribution >= 4 is 11.8 Å². The van der Waals surface area contributed by atoms with Crippen molar-refractivity contribution in [1.29, 1.82) is 0 Å². The second kappa shape index (κ2) is 8.06. The fraction of sp³-hybridized carbons (Fsp3) is 0.833. The van der Waals surface area contributed by atoms with Gasteiger partial charge in [0.05, 0.1) is 0 Å². The first kappa shape index (κ1) is 14.0. The first-order chi connectivity index (χ1) is 8.24. The van der Waals surface area contributed by atoms with Gasteiger partial charge in [-0.1, -0.05) is 0 Å². The van der Waals surface area contributed by atoms with Crippen molar-refractivity contribution in [1.82, 2.24) is 15.5 Å². The summed E-state index contributed by atoms with van der Waals surface area (Å²) in [5.74, 6) is 0.171. The molecule has 2 N–H and O–H groups in total. The predicted octanol–water partition coefficient (Wildman–Crippen LogP) is 0.115. The molecule has 0 aromatic rings. The van der Waals surface area contributed by atoms with Crippen molar-refractivity contribution in [3.63, 3.8) is 0 Å². The number of carbonyl (C=O) groups excluding carboxylic acids is 2. The standard InChI is InChI=1S/C12H23N3O2/c1-13-7-5-11(16)14-8-6-12(17)15-9-3-2-4-10-15/h13H,2-10H2,1H3,(H,14,16). The number of likely N-dealkylation sites (tertiary alicyclic amines) is 1. The highest BCUT2D eigenvalue weighted by Crippen LogP contribution is 2.09. The first-order valence-corrected chi connectivity index (χ1v) is 6.43. The van der Waals surface area contributed by atoms with Crippen LogP contribution in [0.3, 0.4) is 0 Å². The van der Waals surface area contributed by atoms with Crippen molar-refractivity contribution in [2.45, 2.75) is 32.1 Å². The summed E-state index contributed by atoms with van der Waals surface area (Å²) < 4.78 is 0. The SMILES string of the molecule is CNCCC(=O)NCCC(=O)N1CCCCC1. The van der Waals surface area contributed by atoms with Crippen molar-refractivity contribution in [3.8, 4) is 0 Å². The van der Waals surface area contributed by atoms with Gasteiger partial charge in [0.15, 0.2) is 0 Å². The Bertz CT molecular complexity index is 250. The molecule has 0 unspecified atom stereocenters. The molecule has 0 radical (unpaired) electrons. The van der Waals surface area contributed by atoms with E-state index >= 15 is 0 Å². The molecule has 98 valence electrons. The lowest BCUT2D eigenvalue weighted by Gasteiger charge is -2.26. The van der Waals surface area contributed by atoms with Crippen LogP contribution < -0.4 is 10.6 Å². The van der Waals surface area contributed by atoms with Gasteiger partial charge in [-0.05, 0) is 26.3 Å². The van der Waals surface area contributed by atoms with Crippen LogP contribution in [0.1, 0.15) is 32.1 Å². The molecule has 0 aliphatic carbocycles. The summed E-state index contributed by atoms with van der Waals surface area (Å²) in [4.78, 5) is 24.9. The zero-order chi connectivity index (χ0) is 12.5. The second-order valence-electron chi connectivity index (χ2n) is 4.39. The highest BCUT2D eigenvalue weighted by molar-refractivity contribution is 5.79. The van der Waals surface area contributed by atoms with Crippen molar-refractivity contribution < 1.29 is 9.59 Å². The number of nitrogens with one attached hydrogen (secondary N) is 2. The molecule has 1 saturated heterocycles. The number of nitrogens with zero attached hydrogens (tertiary/aromatic N) is 1.